The molecule has 0 aliphatic carbocycles. The normalized spacial score (nSPS) is 17.7. The average molecular weight is 555 g/mol. The number of aliphatic hydroxyl groups excluding tert-OH is 3. The number of hydrogen-bond donors (Lipinski definition) is 6. The summed E-state index contributed by atoms with van der Waals surface area (Å²) in [6.07, 6.45) is 3.16. The maximum absolute atomic E-state index is 12.5. The van der Waals surface area contributed by atoms with Gasteiger partial charge in [-0.2, -0.15) is 0 Å². The number of amides is 1. The van der Waals surface area contributed by atoms with E-state index in [0.717, 1.165) is 31.5 Å². The number of carboxylic acids is 2. The molecule has 0 aromatic heterocycles. The Labute approximate surface area is 228 Å². The van der Waals surface area contributed by atoms with E-state index in [9.17, 15) is 19.5 Å². The van der Waals surface area contributed by atoms with Crippen LogP contribution in [-0.2, 0) is 14.4 Å². The number of fused-ring (bicyclic) bond motifs is 1. The molecular formula is C27H42N2O10. The average Bonchev–Trinajstić information content (AvgIpc) is 3.44. The smallest absolute Gasteiger partial charge is 0.335 e. The number of unbranched alkanes of at least 4 members (excludes halogenated alkanes) is 4. The number of carbonyl (C=O) groups excluding carboxylic acids is 1. The number of ether oxygens (including phenoxy) is 2. The Bertz CT molecular complexity index is 904. The molecule has 39 heavy (non-hydrogen) atoms. The van der Waals surface area contributed by atoms with E-state index in [-0.39, 0.29) is 11.9 Å². The van der Waals surface area contributed by atoms with Crippen LogP contribution in [0.1, 0.15) is 70.0 Å². The summed E-state index contributed by atoms with van der Waals surface area (Å²) >= 11 is 0. The molecule has 12 heteroatoms. The van der Waals surface area contributed by atoms with Gasteiger partial charge in [-0.15, -0.1) is 0 Å². The zero-order chi connectivity index (χ0) is 28.8. The Hall–Kier alpha value is -2.93. The largest absolute Gasteiger partial charge is 0.486 e. The summed E-state index contributed by atoms with van der Waals surface area (Å²) in [4.78, 5) is 34.4. The van der Waals surface area contributed by atoms with Crippen LogP contribution in [-0.4, -0.2) is 99.4 Å². The van der Waals surface area contributed by atoms with Crippen molar-refractivity contribution >= 4 is 17.8 Å². The first-order valence-electron chi connectivity index (χ1n) is 13.5. The molecule has 220 valence electrons. The van der Waals surface area contributed by atoms with Gasteiger partial charge < -0.3 is 45.2 Å². The van der Waals surface area contributed by atoms with Crippen LogP contribution in [0, 0.1) is 0 Å². The van der Waals surface area contributed by atoms with Crippen LogP contribution in [0.4, 0.5) is 0 Å². The summed E-state index contributed by atoms with van der Waals surface area (Å²) < 4.78 is 11.2. The molecule has 0 spiro atoms. The maximum atomic E-state index is 12.5. The molecule has 1 saturated heterocycles. The van der Waals surface area contributed by atoms with Crippen LogP contribution in [0.2, 0.25) is 0 Å². The van der Waals surface area contributed by atoms with Crippen molar-refractivity contribution in [2.24, 2.45) is 0 Å². The molecule has 3 rings (SSSR count). The third kappa shape index (κ3) is 11.0. The molecule has 1 fully saturated rings. The minimum absolute atomic E-state index is 0.0299. The lowest BCUT2D eigenvalue weighted by molar-refractivity contribution is -0.165. The topological polar surface area (TPSA) is 186 Å². The van der Waals surface area contributed by atoms with Gasteiger partial charge in [0.2, 0.25) is 5.91 Å². The summed E-state index contributed by atoms with van der Waals surface area (Å²) in [6.45, 7) is 5.96. The Morgan fingerprint density at radius 2 is 1.49 bits per heavy atom. The van der Waals surface area contributed by atoms with Crippen LogP contribution < -0.4 is 14.8 Å². The minimum atomic E-state index is -2.27. The standard InChI is InChI=1S/C23H36N2O4.C4H6O6/c1-2-3-4-5-6-9-22(26)24-19(17-25-12-7-8-13-25)23(27)18-10-11-20-21(16-18)29-15-14-28-20;5-1(3(7)8)2(6)4(9)10/h10-11,16,19,23,27H,2-9,12-15,17H2,1H3,(H,24,26);1-2,5-6H,(H,7,8)(H,9,10)/t19-,23-;/m1./s1. The van der Waals surface area contributed by atoms with Crippen molar-refractivity contribution in [3.63, 3.8) is 0 Å². The molecule has 6 N–H and O–H groups in total. The highest BCUT2D eigenvalue weighted by atomic mass is 16.6. The van der Waals surface area contributed by atoms with Crippen LogP contribution in [0.3, 0.4) is 0 Å². The van der Waals surface area contributed by atoms with Crippen molar-refractivity contribution in [2.75, 3.05) is 32.8 Å². The van der Waals surface area contributed by atoms with Crippen LogP contribution in [0.5, 0.6) is 11.5 Å². The molecular weight excluding hydrogens is 512 g/mol. The van der Waals surface area contributed by atoms with E-state index >= 15 is 0 Å². The summed E-state index contributed by atoms with van der Waals surface area (Å²) in [7, 11) is 0. The van der Waals surface area contributed by atoms with Crippen molar-refractivity contribution in [2.45, 2.75) is 82.6 Å². The summed E-state index contributed by atoms with van der Waals surface area (Å²) in [6, 6.07) is 5.22. The molecule has 1 aromatic carbocycles. The molecule has 2 unspecified atom stereocenters. The van der Waals surface area contributed by atoms with Crippen LogP contribution >= 0.6 is 0 Å². The number of nitrogens with one attached hydrogen (secondary N) is 1. The first-order chi connectivity index (χ1) is 18.6. The molecule has 1 aromatic rings. The second-order valence-corrected chi connectivity index (χ2v) is 9.76. The summed E-state index contributed by atoms with van der Waals surface area (Å²) in [5.74, 6) is -2.14. The van der Waals surface area contributed by atoms with E-state index in [0.29, 0.717) is 37.7 Å². The van der Waals surface area contributed by atoms with E-state index in [4.69, 9.17) is 29.9 Å². The number of hydrogen-bond acceptors (Lipinski definition) is 9. The zero-order valence-corrected chi connectivity index (χ0v) is 22.5. The number of nitrogens with zero attached hydrogens (tertiary/aromatic N) is 1. The number of carbonyl (C=O) groups is 3. The molecule has 4 atom stereocenters. The molecule has 2 aliphatic rings. The Morgan fingerprint density at radius 1 is 0.897 bits per heavy atom. The van der Waals surface area contributed by atoms with E-state index in [1.165, 1.54) is 32.1 Å². The fraction of sp³-hybridized carbons (Fsp3) is 0.667. The minimum Gasteiger partial charge on any atom is -0.486 e. The quantitative estimate of drug-likeness (QED) is 0.182. The van der Waals surface area contributed by atoms with E-state index in [1.54, 1.807) is 0 Å². The number of carboxylic acid groups (broad SMARTS) is 2. The van der Waals surface area contributed by atoms with Gasteiger partial charge >= 0.3 is 11.9 Å². The maximum Gasteiger partial charge on any atom is 0.335 e. The Morgan fingerprint density at radius 3 is 2.08 bits per heavy atom. The van der Waals surface area contributed by atoms with Crippen molar-refractivity contribution in [3.05, 3.63) is 23.8 Å². The van der Waals surface area contributed by atoms with Gasteiger partial charge in [-0.05, 0) is 50.0 Å². The van der Waals surface area contributed by atoms with Crippen LogP contribution in [0.15, 0.2) is 18.2 Å². The third-order valence-electron chi connectivity index (χ3n) is 6.60. The van der Waals surface area contributed by atoms with Gasteiger partial charge in [0.05, 0.1) is 6.04 Å². The predicted molar refractivity (Wildman–Crippen MR) is 141 cm³/mol. The van der Waals surface area contributed by atoms with Crippen molar-refractivity contribution in [1.82, 2.24) is 10.2 Å². The van der Waals surface area contributed by atoms with Crippen molar-refractivity contribution in [1.29, 1.82) is 0 Å². The Kier molecular flexibility index (Phi) is 14.0. The number of aliphatic carboxylic acids is 2. The molecule has 2 heterocycles. The fourth-order valence-corrected chi connectivity index (χ4v) is 4.38. The second-order valence-electron chi connectivity index (χ2n) is 9.76. The van der Waals surface area contributed by atoms with E-state index in [1.807, 2.05) is 18.2 Å². The molecule has 0 saturated carbocycles. The molecule has 0 radical (unpaired) electrons. The lowest BCUT2D eigenvalue weighted by Crippen LogP contribution is -2.46. The monoisotopic (exact) mass is 554 g/mol. The number of aliphatic hydroxyl groups is 3. The predicted octanol–water partition coefficient (Wildman–Crippen LogP) is 1.31. The lowest BCUT2D eigenvalue weighted by Gasteiger charge is -2.29. The van der Waals surface area contributed by atoms with E-state index in [2.05, 4.69) is 17.1 Å². The molecule has 1 amide bonds. The SMILES string of the molecule is CCCCCCCC(=O)N[C@H](CN1CCCC1)[C@H](O)c1ccc2c(c1)OCCO2.O=C(O)C(O)C(O)C(=O)O. The van der Waals surface area contributed by atoms with Crippen molar-refractivity contribution in [3.8, 4) is 11.5 Å². The van der Waals surface area contributed by atoms with Gasteiger partial charge in [-0.3, -0.25) is 4.79 Å². The summed E-state index contributed by atoms with van der Waals surface area (Å²) in [5.41, 5.74) is 0.752. The van der Waals surface area contributed by atoms with Gasteiger partial charge in [0.25, 0.3) is 0 Å². The first kappa shape index (κ1) is 32.3. The van der Waals surface area contributed by atoms with Crippen LogP contribution in [0.25, 0.3) is 0 Å². The molecule has 12 nitrogen and oxygen atoms in total. The Balaban J connectivity index is 0.000000455. The van der Waals surface area contributed by atoms with Gasteiger partial charge in [0.15, 0.2) is 23.7 Å². The summed E-state index contributed by atoms with van der Waals surface area (Å²) in [5, 5.41) is 46.7. The first-order valence-corrected chi connectivity index (χ1v) is 13.5. The van der Waals surface area contributed by atoms with Gasteiger partial charge in [-0.25, -0.2) is 9.59 Å². The van der Waals surface area contributed by atoms with Gasteiger partial charge in [0, 0.05) is 13.0 Å². The van der Waals surface area contributed by atoms with E-state index < -0.39 is 30.3 Å². The molecule has 2 aliphatic heterocycles. The zero-order valence-electron chi connectivity index (χ0n) is 22.5. The second kappa shape index (κ2) is 16.9. The number of benzene rings is 1. The highest BCUT2D eigenvalue weighted by Crippen LogP contribution is 2.33. The number of rotatable bonds is 14. The highest BCUT2D eigenvalue weighted by molar-refractivity contribution is 5.83. The van der Waals surface area contributed by atoms with Gasteiger partial charge in [0.1, 0.15) is 19.3 Å². The van der Waals surface area contributed by atoms with Gasteiger partial charge in [-0.1, -0.05) is 38.7 Å². The molecule has 0 bridgehead atoms. The number of likely N-dealkylation sites (tertiary alicyclic amines) is 1. The third-order valence-corrected chi connectivity index (χ3v) is 6.60. The lowest BCUT2D eigenvalue weighted by atomic mass is 10.0. The fourth-order valence-electron chi connectivity index (χ4n) is 4.38. The highest BCUT2D eigenvalue weighted by Gasteiger charge is 2.29. The van der Waals surface area contributed by atoms with Crippen molar-refractivity contribution < 1.29 is 49.4 Å².